The molecular formula is C16H19NO3. The van der Waals surface area contributed by atoms with E-state index < -0.39 is 5.97 Å². The molecular weight excluding hydrogens is 254 g/mol. The molecule has 0 aromatic heterocycles. The van der Waals surface area contributed by atoms with Crippen molar-refractivity contribution in [2.24, 2.45) is 0 Å². The van der Waals surface area contributed by atoms with Crippen molar-refractivity contribution in [1.29, 1.82) is 0 Å². The van der Waals surface area contributed by atoms with Gasteiger partial charge in [0.2, 0.25) is 5.91 Å². The fraction of sp³-hybridized carbons (Fsp3) is 0.375. The molecule has 1 fully saturated rings. The van der Waals surface area contributed by atoms with Crippen LogP contribution < -0.4 is 4.90 Å². The van der Waals surface area contributed by atoms with Gasteiger partial charge in [-0.05, 0) is 49.1 Å². The third kappa shape index (κ3) is 3.47. The summed E-state index contributed by atoms with van der Waals surface area (Å²) in [6.45, 7) is 2.67. The molecule has 0 bridgehead atoms. The molecule has 0 radical (unpaired) electrons. The van der Waals surface area contributed by atoms with Crippen LogP contribution in [0.5, 0.6) is 0 Å². The number of rotatable bonds is 3. The number of nitrogens with zero attached hydrogens (tertiary/aromatic N) is 1. The first-order chi connectivity index (χ1) is 9.58. The van der Waals surface area contributed by atoms with Gasteiger partial charge in [0.25, 0.3) is 0 Å². The summed E-state index contributed by atoms with van der Waals surface area (Å²) >= 11 is 0. The molecule has 0 atom stereocenters. The number of hydrogen-bond donors (Lipinski definition) is 1. The lowest BCUT2D eigenvalue weighted by Crippen LogP contribution is -2.29. The Morgan fingerprint density at radius 1 is 1.30 bits per heavy atom. The predicted octanol–water partition coefficient (Wildman–Crippen LogP) is 3.00. The smallest absolute Gasteiger partial charge is 0.328 e. The largest absolute Gasteiger partial charge is 0.478 e. The van der Waals surface area contributed by atoms with Gasteiger partial charge in [-0.25, -0.2) is 4.79 Å². The van der Waals surface area contributed by atoms with Crippen LogP contribution in [0.15, 0.2) is 24.3 Å². The van der Waals surface area contributed by atoms with Gasteiger partial charge in [0, 0.05) is 24.7 Å². The Labute approximate surface area is 118 Å². The highest BCUT2D eigenvalue weighted by atomic mass is 16.4. The minimum absolute atomic E-state index is 0.152. The minimum atomic E-state index is -0.972. The Bertz CT molecular complexity index is 549. The molecule has 0 aliphatic carbocycles. The van der Waals surface area contributed by atoms with E-state index in [0.29, 0.717) is 6.42 Å². The van der Waals surface area contributed by atoms with E-state index in [-0.39, 0.29) is 5.91 Å². The van der Waals surface area contributed by atoms with Crippen molar-refractivity contribution in [2.45, 2.75) is 32.6 Å². The van der Waals surface area contributed by atoms with Crippen LogP contribution in [0.2, 0.25) is 0 Å². The van der Waals surface area contributed by atoms with Crippen molar-refractivity contribution >= 4 is 23.6 Å². The van der Waals surface area contributed by atoms with E-state index in [2.05, 4.69) is 0 Å². The van der Waals surface area contributed by atoms with Crippen LogP contribution in [0.3, 0.4) is 0 Å². The molecule has 4 nitrogen and oxygen atoms in total. The number of carboxylic acid groups (broad SMARTS) is 1. The minimum Gasteiger partial charge on any atom is -0.478 e. The number of aliphatic carboxylic acids is 1. The highest BCUT2D eigenvalue weighted by molar-refractivity contribution is 5.94. The predicted molar refractivity (Wildman–Crippen MR) is 78.7 cm³/mol. The van der Waals surface area contributed by atoms with Gasteiger partial charge >= 0.3 is 5.97 Å². The lowest BCUT2D eigenvalue weighted by molar-refractivity contribution is -0.131. The lowest BCUT2D eigenvalue weighted by Gasteiger charge is -2.21. The van der Waals surface area contributed by atoms with Gasteiger partial charge in [-0.2, -0.15) is 0 Å². The summed E-state index contributed by atoms with van der Waals surface area (Å²) in [5, 5.41) is 8.71. The zero-order valence-electron chi connectivity index (χ0n) is 11.6. The van der Waals surface area contributed by atoms with Gasteiger partial charge in [-0.1, -0.05) is 12.5 Å². The molecule has 1 heterocycles. The normalized spacial score (nSPS) is 16.4. The van der Waals surface area contributed by atoms with Crippen LogP contribution in [-0.2, 0) is 9.59 Å². The maximum atomic E-state index is 12.1. The topological polar surface area (TPSA) is 57.6 Å². The third-order valence-electron chi connectivity index (χ3n) is 3.55. The van der Waals surface area contributed by atoms with E-state index in [9.17, 15) is 9.59 Å². The molecule has 20 heavy (non-hydrogen) atoms. The summed E-state index contributed by atoms with van der Waals surface area (Å²) < 4.78 is 0. The molecule has 1 aliphatic rings. The second-order valence-electron chi connectivity index (χ2n) is 5.07. The average Bonchev–Trinajstić information content (AvgIpc) is 2.62. The van der Waals surface area contributed by atoms with Crippen molar-refractivity contribution in [2.75, 3.05) is 11.4 Å². The maximum Gasteiger partial charge on any atom is 0.328 e. The summed E-state index contributed by atoms with van der Waals surface area (Å²) in [4.78, 5) is 24.5. The second-order valence-corrected chi connectivity index (χ2v) is 5.07. The molecule has 4 heteroatoms. The fourth-order valence-electron chi connectivity index (χ4n) is 2.39. The van der Waals surface area contributed by atoms with Crippen LogP contribution in [-0.4, -0.2) is 23.5 Å². The van der Waals surface area contributed by atoms with E-state index in [1.165, 1.54) is 0 Å². The van der Waals surface area contributed by atoms with Crippen LogP contribution in [0.25, 0.3) is 6.08 Å². The molecule has 0 spiro atoms. The van der Waals surface area contributed by atoms with Crippen LogP contribution >= 0.6 is 0 Å². The quantitative estimate of drug-likeness (QED) is 0.861. The molecule has 0 unspecified atom stereocenters. The molecule has 1 amide bonds. The van der Waals surface area contributed by atoms with Crippen molar-refractivity contribution < 1.29 is 14.7 Å². The van der Waals surface area contributed by atoms with Gasteiger partial charge in [-0.15, -0.1) is 0 Å². The van der Waals surface area contributed by atoms with Crippen molar-refractivity contribution in [3.63, 3.8) is 0 Å². The Morgan fingerprint density at radius 3 is 2.85 bits per heavy atom. The van der Waals surface area contributed by atoms with Gasteiger partial charge < -0.3 is 10.0 Å². The Kier molecular flexibility index (Phi) is 4.56. The van der Waals surface area contributed by atoms with E-state index in [0.717, 1.165) is 48.7 Å². The summed E-state index contributed by atoms with van der Waals surface area (Å²) in [5.41, 5.74) is 2.68. The van der Waals surface area contributed by atoms with E-state index in [1.54, 1.807) is 6.08 Å². The lowest BCUT2D eigenvalue weighted by atomic mass is 10.1. The molecule has 1 aliphatic heterocycles. The van der Waals surface area contributed by atoms with E-state index >= 15 is 0 Å². The number of carbonyl (C=O) groups is 2. The first-order valence-corrected chi connectivity index (χ1v) is 6.90. The molecule has 1 N–H and O–H groups in total. The second kappa shape index (κ2) is 6.37. The van der Waals surface area contributed by atoms with Gasteiger partial charge in [0.1, 0.15) is 0 Å². The molecule has 2 rings (SSSR count). The zero-order chi connectivity index (χ0) is 14.5. The van der Waals surface area contributed by atoms with E-state index in [1.807, 2.05) is 30.0 Å². The molecule has 106 valence electrons. The highest BCUT2D eigenvalue weighted by Crippen LogP contribution is 2.24. The molecule has 1 aromatic rings. The first kappa shape index (κ1) is 14.3. The van der Waals surface area contributed by atoms with E-state index in [4.69, 9.17) is 5.11 Å². The number of hydrogen-bond acceptors (Lipinski definition) is 2. The third-order valence-corrected chi connectivity index (χ3v) is 3.55. The fourth-order valence-corrected chi connectivity index (χ4v) is 2.39. The number of amides is 1. The van der Waals surface area contributed by atoms with Crippen molar-refractivity contribution in [3.05, 3.63) is 35.4 Å². The number of benzene rings is 1. The number of carboxylic acids is 1. The van der Waals surface area contributed by atoms with Crippen molar-refractivity contribution in [3.8, 4) is 0 Å². The van der Waals surface area contributed by atoms with Crippen LogP contribution in [0.4, 0.5) is 5.69 Å². The summed E-state index contributed by atoms with van der Waals surface area (Å²) in [6, 6.07) is 5.74. The zero-order valence-corrected chi connectivity index (χ0v) is 11.6. The monoisotopic (exact) mass is 273 g/mol. The Hall–Kier alpha value is -2.10. The van der Waals surface area contributed by atoms with Gasteiger partial charge in [0.15, 0.2) is 0 Å². The van der Waals surface area contributed by atoms with Crippen molar-refractivity contribution in [1.82, 2.24) is 0 Å². The van der Waals surface area contributed by atoms with Gasteiger partial charge in [-0.3, -0.25) is 4.79 Å². The summed E-state index contributed by atoms with van der Waals surface area (Å²) in [5.74, 6) is -0.819. The molecule has 1 aromatic carbocycles. The van der Waals surface area contributed by atoms with Crippen LogP contribution in [0.1, 0.15) is 36.8 Å². The van der Waals surface area contributed by atoms with Crippen LogP contribution in [0, 0.1) is 6.92 Å². The Morgan fingerprint density at radius 2 is 2.10 bits per heavy atom. The molecule has 1 saturated heterocycles. The maximum absolute atomic E-state index is 12.1. The number of aryl methyl sites for hydroxylation is 1. The standard InChI is InChI=1S/C16H19NO3/c1-12-6-8-14(11-13(12)7-9-16(19)20)17-10-4-2-3-5-15(17)18/h6-9,11H,2-5,10H2,1H3,(H,19,20). The average molecular weight is 273 g/mol. The highest BCUT2D eigenvalue weighted by Gasteiger charge is 2.18. The summed E-state index contributed by atoms with van der Waals surface area (Å²) in [6.07, 6.45) is 6.33. The summed E-state index contributed by atoms with van der Waals surface area (Å²) in [7, 11) is 0. The Balaban J connectivity index is 2.30. The first-order valence-electron chi connectivity index (χ1n) is 6.90. The molecule has 0 saturated carbocycles. The van der Waals surface area contributed by atoms with Gasteiger partial charge in [0.05, 0.1) is 0 Å². The number of anilines is 1. The number of carbonyl (C=O) groups excluding carboxylic acids is 1. The SMILES string of the molecule is Cc1ccc(N2CCCCCC2=O)cc1C=CC(=O)O.